The molecule has 0 saturated heterocycles. The topological polar surface area (TPSA) is 38.7 Å². The van der Waals surface area contributed by atoms with Crippen LogP contribution in [0.15, 0.2) is 34.7 Å². The summed E-state index contributed by atoms with van der Waals surface area (Å²) < 4.78 is 8.93. The zero-order valence-corrected chi connectivity index (χ0v) is 11.7. The van der Waals surface area contributed by atoms with Gasteiger partial charge in [0.1, 0.15) is 6.61 Å². The summed E-state index contributed by atoms with van der Waals surface area (Å²) in [5.74, 6) is -0.182. The van der Waals surface area contributed by atoms with E-state index in [1.54, 1.807) is 6.21 Å². The summed E-state index contributed by atoms with van der Waals surface area (Å²) in [4.78, 5) is 11.9. The zero-order valence-electron chi connectivity index (χ0n) is 10.8. The lowest BCUT2D eigenvalue weighted by atomic mass is 9.88. The summed E-state index contributed by atoms with van der Waals surface area (Å²) in [7, 11) is 0. The highest BCUT2D eigenvalue weighted by Crippen LogP contribution is 2.24. The minimum atomic E-state index is -0.496. The van der Waals surface area contributed by atoms with Crippen molar-refractivity contribution < 1.29 is 9.53 Å². The van der Waals surface area contributed by atoms with Gasteiger partial charge in [-0.05, 0) is 45.1 Å². The summed E-state index contributed by atoms with van der Waals surface area (Å²) in [6, 6.07) is 9.67. The number of esters is 1. The van der Waals surface area contributed by atoms with Gasteiger partial charge in [-0.2, -0.15) is 0 Å². The molecule has 3 nitrogen and oxygen atoms in total. The van der Waals surface area contributed by atoms with E-state index in [0.29, 0.717) is 13.0 Å². The highest BCUT2D eigenvalue weighted by molar-refractivity contribution is 7.78. The van der Waals surface area contributed by atoms with E-state index >= 15 is 0 Å². The number of benzene rings is 1. The van der Waals surface area contributed by atoms with Crippen molar-refractivity contribution in [3.05, 3.63) is 35.9 Å². The van der Waals surface area contributed by atoms with E-state index in [4.69, 9.17) is 4.74 Å². The Balaban J connectivity index is 2.44. The number of thiol groups is 1. The van der Waals surface area contributed by atoms with Crippen LogP contribution in [0, 0.1) is 5.41 Å². The minimum absolute atomic E-state index is 0.182. The molecule has 0 fully saturated rings. The van der Waals surface area contributed by atoms with Crippen LogP contribution in [0.1, 0.15) is 32.3 Å². The molecule has 18 heavy (non-hydrogen) atoms. The molecule has 0 aromatic heterocycles. The second kappa shape index (κ2) is 7.21. The monoisotopic (exact) mass is 265 g/mol. The lowest BCUT2D eigenvalue weighted by Gasteiger charge is -2.21. The molecule has 0 saturated carbocycles. The molecule has 1 aromatic rings. The van der Waals surface area contributed by atoms with Crippen LogP contribution in [0.25, 0.3) is 0 Å². The summed E-state index contributed by atoms with van der Waals surface area (Å²) in [5, 5.41) is 0. The van der Waals surface area contributed by atoms with E-state index in [0.717, 1.165) is 12.0 Å². The first-order valence-corrected chi connectivity index (χ1v) is 6.33. The molecule has 0 bridgehead atoms. The predicted octanol–water partition coefficient (Wildman–Crippen LogP) is 3.45. The second-order valence-electron chi connectivity index (χ2n) is 4.78. The first-order valence-electron chi connectivity index (χ1n) is 5.93. The van der Waals surface area contributed by atoms with E-state index in [2.05, 4.69) is 17.2 Å². The summed E-state index contributed by atoms with van der Waals surface area (Å²) in [5.41, 5.74) is 0.502. The van der Waals surface area contributed by atoms with Gasteiger partial charge in [0.15, 0.2) is 0 Å². The van der Waals surface area contributed by atoms with Gasteiger partial charge in [0, 0.05) is 6.21 Å². The molecule has 0 amide bonds. The van der Waals surface area contributed by atoms with Crippen LogP contribution in [0.4, 0.5) is 0 Å². The molecule has 0 unspecified atom stereocenters. The quantitative estimate of drug-likeness (QED) is 0.486. The van der Waals surface area contributed by atoms with Gasteiger partial charge in [0.2, 0.25) is 0 Å². The van der Waals surface area contributed by atoms with Crippen molar-refractivity contribution in [2.45, 2.75) is 33.3 Å². The van der Waals surface area contributed by atoms with Gasteiger partial charge in [-0.15, -0.1) is 0 Å². The molecule has 4 heteroatoms. The Morgan fingerprint density at radius 2 is 2.06 bits per heavy atom. The van der Waals surface area contributed by atoms with Crippen molar-refractivity contribution >= 4 is 25.0 Å². The Labute approximate surface area is 114 Å². The fourth-order valence-corrected chi connectivity index (χ4v) is 1.62. The average Bonchev–Trinajstić information content (AvgIpc) is 2.37. The molecule has 98 valence electrons. The van der Waals surface area contributed by atoms with Crippen LogP contribution in [0.3, 0.4) is 0 Å². The molecular weight excluding hydrogens is 246 g/mol. The Morgan fingerprint density at radius 3 is 2.67 bits per heavy atom. The molecule has 0 N–H and O–H groups in total. The largest absolute Gasteiger partial charge is 0.460 e. The summed E-state index contributed by atoms with van der Waals surface area (Å²) in [6.07, 6.45) is 3.11. The summed E-state index contributed by atoms with van der Waals surface area (Å²) >= 11 is 3.74. The van der Waals surface area contributed by atoms with Crippen LogP contribution >= 0.6 is 12.8 Å². The van der Waals surface area contributed by atoms with Crippen LogP contribution in [-0.2, 0) is 16.1 Å². The van der Waals surface area contributed by atoms with Gasteiger partial charge < -0.3 is 4.74 Å². The zero-order chi connectivity index (χ0) is 13.4. The van der Waals surface area contributed by atoms with Crippen molar-refractivity contribution in [1.29, 1.82) is 0 Å². The Bertz CT molecular complexity index is 402. The highest BCUT2D eigenvalue weighted by Gasteiger charge is 2.28. The van der Waals surface area contributed by atoms with Gasteiger partial charge in [-0.1, -0.05) is 30.3 Å². The molecule has 0 heterocycles. The van der Waals surface area contributed by atoms with Gasteiger partial charge in [-0.3, -0.25) is 4.79 Å². The van der Waals surface area contributed by atoms with Crippen molar-refractivity contribution in [3.8, 4) is 0 Å². The number of ether oxygens (including phenoxy) is 1. The van der Waals surface area contributed by atoms with Crippen molar-refractivity contribution in [2.24, 2.45) is 9.81 Å². The third-order valence-electron chi connectivity index (χ3n) is 2.75. The lowest BCUT2D eigenvalue weighted by Crippen LogP contribution is -2.26. The smallest absolute Gasteiger partial charge is 0.311 e. The average molecular weight is 265 g/mol. The molecule has 1 aromatic carbocycles. The van der Waals surface area contributed by atoms with Crippen LogP contribution < -0.4 is 0 Å². The number of hydrogen-bond donors (Lipinski definition) is 1. The fourth-order valence-electron chi connectivity index (χ4n) is 1.50. The molecule has 0 aliphatic heterocycles. The number of rotatable bonds is 6. The molecule has 0 aliphatic rings. The molecule has 1 rings (SSSR count). The molecule has 0 radical (unpaired) electrons. The number of carbonyl (C=O) groups is 1. The summed E-state index contributed by atoms with van der Waals surface area (Å²) in [6.45, 7) is 4.09. The van der Waals surface area contributed by atoms with Crippen LogP contribution in [0.5, 0.6) is 0 Å². The van der Waals surface area contributed by atoms with E-state index in [1.807, 2.05) is 44.2 Å². The number of hydrogen-bond acceptors (Lipinski definition) is 4. The van der Waals surface area contributed by atoms with Crippen molar-refractivity contribution in [1.82, 2.24) is 0 Å². The van der Waals surface area contributed by atoms with E-state index in [9.17, 15) is 4.79 Å². The van der Waals surface area contributed by atoms with Gasteiger partial charge in [0.25, 0.3) is 0 Å². The Morgan fingerprint density at radius 1 is 1.39 bits per heavy atom. The van der Waals surface area contributed by atoms with Crippen molar-refractivity contribution in [3.63, 3.8) is 0 Å². The fraction of sp³-hybridized carbons (Fsp3) is 0.429. The van der Waals surface area contributed by atoms with E-state index in [-0.39, 0.29) is 5.97 Å². The number of nitrogens with zero attached hydrogens (tertiary/aromatic N) is 1. The van der Waals surface area contributed by atoms with Crippen LogP contribution in [-0.4, -0.2) is 12.2 Å². The lowest BCUT2D eigenvalue weighted by molar-refractivity contribution is -0.155. The van der Waals surface area contributed by atoms with Gasteiger partial charge in [0.05, 0.1) is 5.41 Å². The van der Waals surface area contributed by atoms with Gasteiger partial charge in [-0.25, -0.2) is 4.40 Å². The molecule has 0 aliphatic carbocycles. The van der Waals surface area contributed by atoms with E-state index in [1.165, 1.54) is 0 Å². The predicted molar refractivity (Wildman–Crippen MR) is 76.7 cm³/mol. The van der Waals surface area contributed by atoms with Crippen LogP contribution in [0.2, 0.25) is 0 Å². The Kier molecular flexibility index (Phi) is 5.92. The minimum Gasteiger partial charge on any atom is -0.460 e. The highest BCUT2D eigenvalue weighted by atomic mass is 32.1. The number of carbonyl (C=O) groups excluding carboxylic acids is 1. The molecule has 0 atom stereocenters. The maximum Gasteiger partial charge on any atom is 0.311 e. The third kappa shape index (κ3) is 4.92. The normalized spacial score (nSPS) is 11.7. The maximum atomic E-state index is 11.9. The standard InChI is InChI=1S/C14H19NO2S/c1-14(2,9-6-10-15-18)13(16)17-11-12-7-4-3-5-8-12/h3-5,7-8,10,18H,6,9,11H2,1-2H3/b15-10+. The van der Waals surface area contributed by atoms with Gasteiger partial charge >= 0.3 is 5.97 Å². The maximum absolute atomic E-state index is 11.9. The SMILES string of the molecule is CC(C)(CC/C=N/S)C(=O)OCc1ccccc1. The second-order valence-corrected chi connectivity index (χ2v) is 5.01. The first kappa shape index (κ1) is 14.8. The van der Waals surface area contributed by atoms with E-state index < -0.39 is 5.41 Å². The third-order valence-corrected chi connectivity index (χ3v) is 2.91. The first-order chi connectivity index (χ1) is 8.56. The molecule has 0 spiro atoms. The Hall–Kier alpha value is -1.29. The van der Waals surface area contributed by atoms with Crippen molar-refractivity contribution in [2.75, 3.05) is 0 Å². The molecular formula is C14H19NO2S.